The molecule has 1 N–H and O–H groups in total. The van der Waals surface area contributed by atoms with Crippen molar-refractivity contribution < 1.29 is 4.74 Å². The highest BCUT2D eigenvalue weighted by Gasteiger charge is 2.27. The molecule has 0 radical (unpaired) electrons. The van der Waals surface area contributed by atoms with E-state index in [9.17, 15) is 0 Å². The Bertz CT molecular complexity index is 411. The molecule has 0 amide bonds. The van der Waals surface area contributed by atoms with Crippen LogP contribution in [0.2, 0.25) is 10.0 Å². The molecule has 1 heterocycles. The Hall–Kier alpha value is 0.0400. The molecule has 1 aliphatic rings. The minimum Gasteiger partial charge on any atom is -0.492 e. The highest BCUT2D eigenvalue weighted by molar-refractivity contribution is 9.10. The molecule has 0 aliphatic carbocycles. The standard InChI is InChI=1S/C11H12BrCl2NO/c1-2-15-8-3-4-16-11-7(13)5-6(12)10(14)9(8)11/h5,8,15H,2-4H2,1H3. The van der Waals surface area contributed by atoms with Crippen LogP contribution in [0.25, 0.3) is 0 Å². The Balaban J connectivity index is 2.53. The van der Waals surface area contributed by atoms with Gasteiger partial charge in [-0.15, -0.1) is 0 Å². The molecule has 2 rings (SSSR count). The number of hydrogen-bond acceptors (Lipinski definition) is 2. The predicted octanol–water partition coefficient (Wildman–Crippen LogP) is 4.19. The third kappa shape index (κ3) is 2.19. The van der Waals surface area contributed by atoms with Crippen molar-refractivity contribution in [2.75, 3.05) is 13.2 Å². The van der Waals surface area contributed by atoms with E-state index in [2.05, 4.69) is 28.2 Å². The Kier molecular flexibility index (Phi) is 4.01. The van der Waals surface area contributed by atoms with Crippen molar-refractivity contribution in [1.82, 2.24) is 5.32 Å². The van der Waals surface area contributed by atoms with Gasteiger partial charge >= 0.3 is 0 Å². The first-order chi connectivity index (χ1) is 7.65. The maximum absolute atomic E-state index is 6.29. The van der Waals surface area contributed by atoms with Crippen molar-refractivity contribution in [3.05, 3.63) is 26.1 Å². The minimum absolute atomic E-state index is 0.219. The van der Waals surface area contributed by atoms with Gasteiger partial charge in [-0.3, -0.25) is 0 Å². The van der Waals surface area contributed by atoms with Gasteiger partial charge < -0.3 is 10.1 Å². The lowest BCUT2D eigenvalue weighted by atomic mass is 10.0. The molecule has 1 aromatic carbocycles. The molecule has 0 saturated heterocycles. The first-order valence-electron chi connectivity index (χ1n) is 5.18. The summed E-state index contributed by atoms with van der Waals surface area (Å²) in [6.45, 7) is 3.63. The molecule has 88 valence electrons. The zero-order valence-corrected chi connectivity index (χ0v) is 11.9. The van der Waals surface area contributed by atoms with Crippen LogP contribution < -0.4 is 10.1 Å². The number of benzene rings is 1. The van der Waals surface area contributed by atoms with E-state index in [1.54, 1.807) is 6.07 Å². The molecule has 2 nitrogen and oxygen atoms in total. The van der Waals surface area contributed by atoms with Gasteiger partial charge in [0.2, 0.25) is 0 Å². The molecular formula is C11H12BrCl2NO. The fourth-order valence-electron chi connectivity index (χ4n) is 1.93. The molecule has 1 atom stereocenters. The van der Waals surface area contributed by atoms with Gasteiger partial charge in [-0.05, 0) is 28.5 Å². The molecule has 0 spiro atoms. The van der Waals surface area contributed by atoms with E-state index in [0.29, 0.717) is 22.4 Å². The van der Waals surface area contributed by atoms with Crippen molar-refractivity contribution >= 4 is 39.1 Å². The maximum atomic E-state index is 6.29. The smallest absolute Gasteiger partial charge is 0.144 e. The van der Waals surface area contributed by atoms with E-state index in [4.69, 9.17) is 27.9 Å². The first-order valence-corrected chi connectivity index (χ1v) is 6.73. The van der Waals surface area contributed by atoms with Gasteiger partial charge in [0, 0.05) is 22.5 Å². The predicted molar refractivity (Wildman–Crippen MR) is 70.7 cm³/mol. The molecule has 0 fully saturated rings. The van der Waals surface area contributed by atoms with E-state index < -0.39 is 0 Å². The zero-order valence-electron chi connectivity index (χ0n) is 8.82. The van der Waals surface area contributed by atoms with Crippen molar-refractivity contribution in [2.24, 2.45) is 0 Å². The van der Waals surface area contributed by atoms with Crippen LogP contribution in [0.5, 0.6) is 5.75 Å². The lowest BCUT2D eigenvalue weighted by molar-refractivity contribution is 0.254. The summed E-state index contributed by atoms with van der Waals surface area (Å²) in [5.74, 6) is 0.715. The van der Waals surface area contributed by atoms with Crippen molar-refractivity contribution in [3.8, 4) is 5.75 Å². The molecule has 1 unspecified atom stereocenters. The molecule has 1 aromatic rings. The fraction of sp³-hybridized carbons (Fsp3) is 0.455. The molecule has 16 heavy (non-hydrogen) atoms. The largest absolute Gasteiger partial charge is 0.492 e. The first kappa shape index (κ1) is 12.5. The van der Waals surface area contributed by atoms with Gasteiger partial charge in [0.15, 0.2) is 0 Å². The second-order valence-corrected chi connectivity index (χ2v) is 5.28. The average molecular weight is 325 g/mol. The molecule has 0 aromatic heterocycles. The van der Waals surface area contributed by atoms with Gasteiger partial charge in [0.05, 0.1) is 16.7 Å². The summed E-state index contributed by atoms with van der Waals surface area (Å²) in [4.78, 5) is 0. The fourth-order valence-corrected chi connectivity index (χ4v) is 3.04. The Morgan fingerprint density at radius 3 is 3.00 bits per heavy atom. The quantitative estimate of drug-likeness (QED) is 0.824. The highest BCUT2D eigenvalue weighted by Crippen LogP contribution is 2.45. The Morgan fingerprint density at radius 2 is 2.31 bits per heavy atom. The van der Waals surface area contributed by atoms with Crippen LogP contribution in [0.15, 0.2) is 10.5 Å². The lowest BCUT2D eigenvalue weighted by Crippen LogP contribution is -2.27. The zero-order chi connectivity index (χ0) is 11.7. The number of hydrogen-bond donors (Lipinski definition) is 1. The van der Waals surface area contributed by atoms with Crippen LogP contribution in [-0.4, -0.2) is 13.2 Å². The third-order valence-electron chi connectivity index (χ3n) is 2.61. The van der Waals surface area contributed by atoms with Crippen molar-refractivity contribution in [3.63, 3.8) is 0 Å². The van der Waals surface area contributed by atoms with Gasteiger partial charge in [-0.25, -0.2) is 0 Å². The van der Waals surface area contributed by atoms with Gasteiger partial charge in [-0.1, -0.05) is 30.1 Å². The van der Waals surface area contributed by atoms with Gasteiger partial charge in [0.1, 0.15) is 5.75 Å². The number of halogens is 3. The molecule has 1 aliphatic heterocycles. The highest BCUT2D eigenvalue weighted by atomic mass is 79.9. The van der Waals surface area contributed by atoms with Gasteiger partial charge in [0.25, 0.3) is 0 Å². The Morgan fingerprint density at radius 1 is 1.56 bits per heavy atom. The van der Waals surface area contributed by atoms with Crippen LogP contribution in [-0.2, 0) is 0 Å². The summed E-state index contributed by atoms with van der Waals surface area (Å²) in [6.07, 6.45) is 0.910. The topological polar surface area (TPSA) is 21.3 Å². The SMILES string of the molecule is CCNC1CCOc2c(Cl)cc(Br)c(Cl)c21. The summed E-state index contributed by atoms with van der Waals surface area (Å²) in [5.41, 5.74) is 0.967. The maximum Gasteiger partial charge on any atom is 0.144 e. The number of fused-ring (bicyclic) bond motifs is 1. The van der Waals surface area contributed by atoms with Crippen LogP contribution in [0.3, 0.4) is 0 Å². The van der Waals surface area contributed by atoms with E-state index >= 15 is 0 Å². The van der Waals surface area contributed by atoms with E-state index in [0.717, 1.165) is 23.0 Å². The minimum atomic E-state index is 0.219. The third-order valence-corrected chi connectivity index (χ3v) is 4.15. The molecule has 0 saturated carbocycles. The van der Waals surface area contributed by atoms with Crippen LogP contribution in [0, 0.1) is 0 Å². The number of nitrogens with one attached hydrogen (secondary N) is 1. The summed E-state index contributed by atoms with van der Waals surface area (Å²) < 4.78 is 6.40. The normalized spacial score (nSPS) is 19.1. The van der Waals surface area contributed by atoms with Gasteiger partial charge in [-0.2, -0.15) is 0 Å². The second kappa shape index (κ2) is 5.13. The van der Waals surface area contributed by atoms with E-state index in [-0.39, 0.29) is 6.04 Å². The van der Waals surface area contributed by atoms with Crippen LogP contribution in [0.4, 0.5) is 0 Å². The number of ether oxygens (including phenoxy) is 1. The summed E-state index contributed by atoms with van der Waals surface area (Å²) in [6, 6.07) is 1.99. The monoisotopic (exact) mass is 323 g/mol. The molecular weight excluding hydrogens is 313 g/mol. The molecule has 0 bridgehead atoms. The van der Waals surface area contributed by atoms with Crippen molar-refractivity contribution in [2.45, 2.75) is 19.4 Å². The van der Waals surface area contributed by atoms with E-state index in [1.165, 1.54) is 0 Å². The van der Waals surface area contributed by atoms with Crippen LogP contribution >= 0.6 is 39.1 Å². The summed E-state index contributed by atoms with van der Waals surface area (Å²) in [5, 5.41) is 4.68. The summed E-state index contributed by atoms with van der Waals surface area (Å²) >= 11 is 15.8. The lowest BCUT2D eigenvalue weighted by Gasteiger charge is -2.28. The van der Waals surface area contributed by atoms with Crippen LogP contribution in [0.1, 0.15) is 24.9 Å². The summed E-state index contributed by atoms with van der Waals surface area (Å²) in [7, 11) is 0. The number of rotatable bonds is 2. The average Bonchev–Trinajstić information content (AvgIpc) is 2.26. The van der Waals surface area contributed by atoms with E-state index in [1.807, 2.05) is 0 Å². The Labute approximate surface area is 113 Å². The molecule has 5 heteroatoms. The van der Waals surface area contributed by atoms with Crippen molar-refractivity contribution in [1.29, 1.82) is 0 Å². The second-order valence-electron chi connectivity index (χ2n) is 3.64.